The zero-order chi connectivity index (χ0) is 30.7. The van der Waals surface area contributed by atoms with Crippen LogP contribution in [0.1, 0.15) is 36.1 Å². The van der Waals surface area contributed by atoms with Crippen LogP contribution in [0.3, 0.4) is 0 Å². The number of primary amides is 1. The number of hydrogen-bond acceptors (Lipinski definition) is 1. The zero-order valence-electron chi connectivity index (χ0n) is 24.9. The van der Waals surface area contributed by atoms with Gasteiger partial charge >= 0.3 is 0 Å². The molecule has 0 aliphatic carbocycles. The van der Waals surface area contributed by atoms with Gasteiger partial charge in [-0.25, -0.2) is 4.39 Å². The lowest BCUT2D eigenvalue weighted by Crippen LogP contribution is -2.33. The fourth-order valence-electron chi connectivity index (χ4n) is 6.41. The van der Waals surface area contributed by atoms with Crippen LogP contribution < -0.4 is 21.6 Å². The molecule has 0 bridgehead atoms. The second-order valence-corrected chi connectivity index (χ2v) is 14.7. The number of hydrogen-bond donors (Lipinski definition) is 1. The van der Waals surface area contributed by atoms with Gasteiger partial charge in [0.1, 0.15) is 40.8 Å². The molecule has 5 heteroatoms. The Bertz CT molecular complexity index is 1770. The number of halogens is 1. The lowest BCUT2D eigenvalue weighted by Gasteiger charge is -2.29. The summed E-state index contributed by atoms with van der Waals surface area (Å²) in [6.07, 6.45) is 0.628. The standard InChI is InChI=1S/C39H34FN2OP/c1-28(2)42-35(36(30-23-25-31(40)26-24-30)37(38(42)39(41)43)29-15-7-3-8-16-29)27-44(32-17-9-4-10-18-32,33-19-11-5-12-20-33)34-21-13-6-14-22-34/h3-26,28H,27H2,1-2H3,(H-,41,43)/p+1. The molecule has 5 aromatic carbocycles. The maximum absolute atomic E-state index is 14.3. The van der Waals surface area contributed by atoms with Gasteiger partial charge in [-0.15, -0.1) is 0 Å². The monoisotopic (exact) mass is 597 g/mol. The summed E-state index contributed by atoms with van der Waals surface area (Å²) in [5, 5.41) is 3.71. The molecule has 3 nitrogen and oxygen atoms in total. The summed E-state index contributed by atoms with van der Waals surface area (Å²) in [6.45, 7) is 4.18. The second-order valence-electron chi connectivity index (χ2n) is 11.2. The molecular formula is C39H35FN2OP+. The van der Waals surface area contributed by atoms with Gasteiger partial charge in [0.2, 0.25) is 0 Å². The third-order valence-corrected chi connectivity index (χ3v) is 12.5. The van der Waals surface area contributed by atoms with Gasteiger partial charge in [0.05, 0.1) is 5.69 Å². The molecule has 218 valence electrons. The minimum atomic E-state index is -2.37. The molecule has 0 aliphatic rings. The van der Waals surface area contributed by atoms with Crippen molar-refractivity contribution >= 4 is 29.1 Å². The van der Waals surface area contributed by atoms with Crippen LogP contribution in [0.5, 0.6) is 0 Å². The highest BCUT2D eigenvalue weighted by molar-refractivity contribution is 7.95. The van der Waals surface area contributed by atoms with Gasteiger partial charge in [0.15, 0.2) is 0 Å². The molecule has 0 unspecified atom stereocenters. The fraction of sp³-hybridized carbons (Fsp3) is 0.103. The van der Waals surface area contributed by atoms with E-state index in [1.54, 1.807) is 0 Å². The summed E-state index contributed by atoms with van der Waals surface area (Å²) >= 11 is 0. The van der Waals surface area contributed by atoms with Gasteiger partial charge < -0.3 is 10.3 Å². The van der Waals surface area contributed by atoms with Gasteiger partial charge in [-0.1, -0.05) is 97.1 Å². The molecule has 0 atom stereocenters. The van der Waals surface area contributed by atoms with Crippen molar-refractivity contribution in [2.75, 3.05) is 0 Å². The maximum Gasteiger partial charge on any atom is 0.266 e. The van der Waals surface area contributed by atoms with Gasteiger partial charge in [0.25, 0.3) is 5.91 Å². The highest BCUT2D eigenvalue weighted by Gasteiger charge is 2.48. The largest absolute Gasteiger partial charge is 0.364 e. The lowest BCUT2D eigenvalue weighted by atomic mass is 9.95. The third-order valence-electron chi connectivity index (χ3n) is 8.23. The first-order valence-electron chi connectivity index (χ1n) is 14.8. The Balaban J connectivity index is 1.78. The van der Waals surface area contributed by atoms with Crippen molar-refractivity contribution < 1.29 is 9.18 Å². The Kier molecular flexibility index (Phi) is 8.28. The van der Waals surface area contributed by atoms with Crippen molar-refractivity contribution in [3.05, 3.63) is 163 Å². The molecular weight excluding hydrogens is 562 g/mol. The summed E-state index contributed by atoms with van der Waals surface area (Å²) in [4.78, 5) is 13.5. The summed E-state index contributed by atoms with van der Waals surface area (Å²) in [6, 6.07) is 48.5. The minimum Gasteiger partial charge on any atom is -0.364 e. The van der Waals surface area contributed by atoms with E-state index in [1.165, 1.54) is 28.0 Å². The van der Waals surface area contributed by atoms with E-state index in [0.29, 0.717) is 11.9 Å². The van der Waals surface area contributed by atoms with Crippen LogP contribution in [0, 0.1) is 5.82 Å². The normalized spacial score (nSPS) is 11.5. The van der Waals surface area contributed by atoms with Crippen molar-refractivity contribution in [1.82, 2.24) is 4.57 Å². The van der Waals surface area contributed by atoms with Gasteiger partial charge in [-0.2, -0.15) is 0 Å². The van der Waals surface area contributed by atoms with Gasteiger partial charge in [-0.3, -0.25) is 4.79 Å². The molecule has 6 aromatic rings. The molecule has 44 heavy (non-hydrogen) atoms. The Hall–Kier alpha value is -4.79. The van der Waals surface area contributed by atoms with Crippen LogP contribution in [-0.4, -0.2) is 10.5 Å². The molecule has 2 N–H and O–H groups in total. The number of carbonyl (C=O) groups excluding carboxylic acids is 1. The van der Waals surface area contributed by atoms with Crippen LogP contribution in [0.15, 0.2) is 146 Å². The number of carbonyl (C=O) groups is 1. The second kappa shape index (κ2) is 12.4. The molecule has 6 rings (SSSR count). The van der Waals surface area contributed by atoms with E-state index in [2.05, 4.69) is 91.2 Å². The SMILES string of the molecule is CC(C)n1c(C[P+](c2ccccc2)(c2ccccc2)c2ccccc2)c(-c2ccc(F)cc2)c(-c2ccccc2)c1C(N)=O. The van der Waals surface area contributed by atoms with E-state index >= 15 is 0 Å². The average molecular weight is 598 g/mol. The molecule has 0 aliphatic heterocycles. The number of amides is 1. The Morgan fingerprint density at radius 3 is 1.45 bits per heavy atom. The predicted octanol–water partition coefficient (Wildman–Crippen LogP) is 8.14. The first kappa shape index (κ1) is 29.3. The van der Waals surface area contributed by atoms with Crippen molar-refractivity contribution in [1.29, 1.82) is 0 Å². The Morgan fingerprint density at radius 2 is 1.05 bits per heavy atom. The highest BCUT2D eigenvalue weighted by Crippen LogP contribution is 2.60. The molecule has 0 fully saturated rings. The number of benzene rings is 5. The number of aromatic nitrogens is 1. The maximum atomic E-state index is 14.3. The fourth-order valence-corrected chi connectivity index (χ4v) is 10.7. The summed E-state index contributed by atoms with van der Waals surface area (Å²) in [7, 11) is -2.37. The number of nitrogens with two attached hydrogens (primary N) is 1. The Morgan fingerprint density at radius 1 is 0.636 bits per heavy atom. The van der Waals surface area contributed by atoms with Crippen LogP contribution in [0.4, 0.5) is 4.39 Å². The quantitative estimate of drug-likeness (QED) is 0.168. The summed E-state index contributed by atoms with van der Waals surface area (Å²) in [5.41, 5.74) is 11.2. The highest BCUT2D eigenvalue weighted by atomic mass is 31.2. The van der Waals surface area contributed by atoms with Crippen molar-refractivity contribution in [2.24, 2.45) is 5.73 Å². The first-order chi connectivity index (χ1) is 21.4. The molecule has 0 spiro atoms. The molecule has 1 aromatic heterocycles. The minimum absolute atomic E-state index is 0.0756. The van der Waals surface area contributed by atoms with Gasteiger partial charge in [0, 0.05) is 17.2 Å². The van der Waals surface area contributed by atoms with Crippen LogP contribution in [-0.2, 0) is 6.16 Å². The van der Waals surface area contributed by atoms with Crippen LogP contribution >= 0.6 is 7.26 Å². The first-order valence-corrected chi connectivity index (χ1v) is 16.8. The average Bonchev–Trinajstić information content (AvgIpc) is 3.41. The van der Waals surface area contributed by atoms with E-state index in [0.717, 1.165) is 27.9 Å². The number of nitrogens with zero attached hydrogens (tertiary/aromatic N) is 1. The summed E-state index contributed by atoms with van der Waals surface area (Å²) in [5.74, 6) is -0.801. The van der Waals surface area contributed by atoms with Crippen LogP contribution in [0.25, 0.3) is 22.3 Å². The zero-order valence-corrected chi connectivity index (χ0v) is 25.8. The molecule has 1 heterocycles. The molecule has 0 saturated carbocycles. The summed E-state index contributed by atoms with van der Waals surface area (Å²) < 4.78 is 16.5. The predicted molar refractivity (Wildman–Crippen MR) is 183 cm³/mol. The molecule has 0 saturated heterocycles. The molecule has 0 radical (unpaired) electrons. The third kappa shape index (κ3) is 5.27. The van der Waals surface area contributed by atoms with Crippen molar-refractivity contribution in [3.63, 3.8) is 0 Å². The van der Waals surface area contributed by atoms with Crippen molar-refractivity contribution in [2.45, 2.75) is 26.1 Å². The lowest BCUT2D eigenvalue weighted by molar-refractivity contribution is 0.0990. The van der Waals surface area contributed by atoms with E-state index < -0.39 is 13.2 Å². The smallest absolute Gasteiger partial charge is 0.266 e. The van der Waals surface area contributed by atoms with E-state index in [-0.39, 0.29) is 11.9 Å². The van der Waals surface area contributed by atoms with E-state index in [1.807, 2.05) is 60.7 Å². The van der Waals surface area contributed by atoms with Gasteiger partial charge in [-0.05, 0) is 73.5 Å². The molecule has 1 amide bonds. The van der Waals surface area contributed by atoms with E-state index in [9.17, 15) is 9.18 Å². The topological polar surface area (TPSA) is 48.0 Å². The van der Waals surface area contributed by atoms with Crippen molar-refractivity contribution in [3.8, 4) is 22.3 Å². The Labute approximate surface area is 259 Å². The van der Waals surface area contributed by atoms with E-state index in [4.69, 9.17) is 5.73 Å². The van der Waals surface area contributed by atoms with Crippen LogP contribution in [0.2, 0.25) is 0 Å². The number of rotatable bonds is 9.